The molecular weight excluding hydrogens is 318 g/mol. The molecule has 0 fully saturated rings. The SMILES string of the molecule is Cc1cccc(OCCC(=O)NCCCC(C)CBr)c1. The van der Waals surface area contributed by atoms with E-state index in [1.807, 2.05) is 31.2 Å². The molecule has 1 N–H and O–H groups in total. The van der Waals surface area contributed by atoms with E-state index in [4.69, 9.17) is 4.74 Å². The number of nitrogens with one attached hydrogen (secondary N) is 1. The molecule has 1 aromatic rings. The zero-order valence-corrected chi connectivity index (χ0v) is 13.9. The molecule has 0 saturated heterocycles. The van der Waals surface area contributed by atoms with Crippen LogP contribution < -0.4 is 10.1 Å². The Morgan fingerprint density at radius 2 is 2.25 bits per heavy atom. The number of rotatable bonds is 9. The van der Waals surface area contributed by atoms with Crippen molar-refractivity contribution in [2.45, 2.75) is 33.1 Å². The third-order valence-corrected chi connectivity index (χ3v) is 4.15. The van der Waals surface area contributed by atoms with Crippen molar-refractivity contribution >= 4 is 21.8 Å². The summed E-state index contributed by atoms with van der Waals surface area (Å²) in [6.07, 6.45) is 2.56. The molecule has 0 radical (unpaired) electrons. The Kier molecular flexibility index (Phi) is 8.35. The molecule has 0 aliphatic heterocycles. The first-order valence-corrected chi connectivity index (χ1v) is 8.26. The highest BCUT2D eigenvalue weighted by Crippen LogP contribution is 2.12. The minimum atomic E-state index is 0.0594. The lowest BCUT2D eigenvalue weighted by atomic mass is 10.1. The summed E-state index contributed by atoms with van der Waals surface area (Å²) in [7, 11) is 0. The van der Waals surface area contributed by atoms with Gasteiger partial charge >= 0.3 is 0 Å². The van der Waals surface area contributed by atoms with Crippen LogP contribution in [0.15, 0.2) is 24.3 Å². The van der Waals surface area contributed by atoms with Crippen molar-refractivity contribution < 1.29 is 9.53 Å². The van der Waals surface area contributed by atoms with Crippen molar-refractivity contribution in [1.82, 2.24) is 5.32 Å². The van der Waals surface area contributed by atoms with Gasteiger partial charge in [-0.05, 0) is 43.4 Å². The van der Waals surface area contributed by atoms with Crippen LogP contribution in [0.3, 0.4) is 0 Å². The van der Waals surface area contributed by atoms with Gasteiger partial charge < -0.3 is 10.1 Å². The number of aryl methyl sites for hydroxylation is 1. The molecule has 0 aliphatic carbocycles. The monoisotopic (exact) mass is 341 g/mol. The molecule has 1 unspecified atom stereocenters. The minimum absolute atomic E-state index is 0.0594. The van der Waals surface area contributed by atoms with Crippen LogP contribution in [0.2, 0.25) is 0 Å². The summed E-state index contributed by atoms with van der Waals surface area (Å²) >= 11 is 3.45. The summed E-state index contributed by atoms with van der Waals surface area (Å²) in [5.74, 6) is 1.55. The Balaban J connectivity index is 2.08. The third kappa shape index (κ3) is 7.53. The fourth-order valence-corrected chi connectivity index (χ4v) is 2.13. The van der Waals surface area contributed by atoms with Crippen LogP contribution in [0.5, 0.6) is 5.75 Å². The second-order valence-corrected chi connectivity index (χ2v) is 5.81. The normalized spacial score (nSPS) is 11.9. The smallest absolute Gasteiger partial charge is 0.223 e. The van der Waals surface area contributed by atoms with E-state index in [1.54, 1.807) is 0 Å². The quantitative estimate of drug-likeness (QED) is 0.549. The predicted molar refractivity (Wildman–Crippen MR) is 86.5 cm³/mol. The maximum absolute atomic E-state index is 11.6. The number of hydrogen-bond donors (Lipinski definition) is 1. The zero-order chi connectivity index (χ0) is 14.8. The number of ether oxygens (including phenoxy) is 1. The zero-order valence-electron chi connectivity index (χ0n) is 12.3. The van der Waals surface area contributed by atoms with Gasteiger partial charge in [-0.3, -0.25) is 4.79 Å². The lowest BCUT2D eigenvalue weighted by molar-refractivity contribution is -0.121. The number of carbonyl (C=O) groups is 1. The minimum Gasteiger partial charge on any atom is -0.493 e. The molecule has 0 heterocycles. The molecule has 1 rings (SSSR count). The van der Waals surface area contributed by atoms with E-state index < -0.39 is 0 Å². The van der Waals surface area contributed by atoms with Gasteiger partial charge in [0, 0.05) is 11.9 Å². The second-order valence-electron chi connectivity index (χ2n) is 5.17. The Labute approximate surface area is 130 Å². The van der Waals surface area contributed by atoms with Crippen LogP contribution in [0.4, 0.5) is 0 Å². The second kappa shape index (κ2) is 9.81. The third-order valence-electron chi connectivity index (χ3n) is 3.05. The summed E-state index contributed by atoms with van der Waals surface area (Å²) < 4.78 is 5.55. The molecule has 0 spiro atoms. The largest absolute Gasteiger partial charge is 0.493 e. The molecule has 3 nitrogen and oxygen atoms in total. The van der Waals surface area contributed by atoms with E-state index in [0.29, 0.717) is 18.9 Å². The molecule has 20 heavy (non-hydrogen) atoms. The number of hydrogen-bond acceptors (Lipinski definition) is 2. The molecule has 1 aromatic carbocycles. The molecule has 0 aliphatic rings. The van der Waals surface area contributed by atoms with E-state index in [9.17, 15) is 4.79 Å². The van der Waals surface area contributed by atoms with Gasteiger partial charge in [-0.1, -0.05) is 35.0 Å². The summed E-state index contributed by atoms with van der Waals surface area (Å²) in [5, 5.41) is 3.94. The lowest BCUT2D eigenvalue weighted by Gasteiger charge is -2.09. The average Bonchev–Trinajstić information content (AvgIpc) is 2.43. The van der Waals surface area contributed by atoms with Gasteiger partial charge in [-0.25, -0.2) is 0 Å². The van der Waals surface area contributed by atoms with Crippen molar-refractivity contribution in [2.24, 2.45) is 5.92 Å². The number of benzene rings is 1. The van der Waals surface area contributed by atoms with Crippen LogP contribution in [-0.2, 0) is 4.79 Å². The van der Waals surface area contributed by atoms with E-state index in [2.05, 4.69) is 28.2 Å². The highest BCUT2D eigenvalue weighted by Gasteiger charge is 2.03. The molecule has 1 atom stereocenters. The van der Waals surface area contributed by atoms with E-state index in [1.165, 1.54) is 0 Å². The summed E-state index contributed by atoms with van der Waals surface area (Å²) in [6, 6.07) is 7.86. The van der Waals surface area contributed by atoms with Crippen molar-refractivity contribution in [3.05, 3.63) is 29.8 Å². The molecule has 0 bridgehead atoms. The Morgan fingerprint density at radius 1 is 1.45 bits per heavy atom. The van der Waals surface area contributed by atoms with Gasteiger partial charge in [0.15, 0.2) is 0 Å². The molecule has 0 saturated carbocycles. The van der Waals surface area contributed by atoms with Crippen molar-refractivity contribution in [1.29, 1.82) is 0 Å². The van der Waals surface area contributed by atoms with Crippen molar-refractivity contribution in [2.75, 3.05) is 18.5 Å². The van der Waals surface area contributed by atoms with Crippen LogP contribution in [0, 0.1) is 12.8 Å². The number of amides is 1. The molecule has 1 amide bonds. The summed E-state index contributed by atoms with van der Waals surface area (Å²) in [5.41, 5.74) is 1.16. The molecule has 4 heteroatoms. The molecule has 112 valence electrons. The average molecular weight is 342 g/mol. The molecule has 0 aromatic heterocycles. The maximum Gasteiger partial charge on any atom is 0.223 e. The van der Waals surface area contributed by atoms with Gasteiger partial charge in [0.2, 0.25) is 5.91 Å². The van der Waals surface area contributed by atoms with Crippen molar-refractivity contribution in [3.63, 3.8) is 0 Å². The fourth-order valence-electron chi connectivity index (χ4n) is 1.81. The van der Waals surface area contributed by atoms with Crippen LogP contribution in [-0.4, -0.2) is 24.4 Å². The number of carbonyl (C=O) groups excluding carboxylic acids is 1. The Morgan fingerprint density at radius 3 is 2.95 bits per heavy atom. The van der Waals surface area contributed by atoms with Gasteiger partial charge in [0.1, 0.15) is 5.75 Å². The topological polar surface area (TPSA) is 38.3 Å². The first kappa shape index (κ1) is 17.0. The number of alkyl halides is 1. The first-order chi connectivity index (χ1) is 9.61. The fraction of sp³-hybridized carbons (Fsp3) is 0.562. The highest BCUT2D eigenvalue weighted by atomic mass is 79.9. The Hall–Kier alpha value is -1.03. The van der Waals surface area contributed by atoms with Gasteiger partial charge in [-0.15, -0.1) is 0 Å². The van der Waals surface area contributed by atoms with Crippen molar-refractivity contribution in [3.8, 4) is 5.75 Å². The summed E-state index contributed by atoms with van der Waals surface area (Å²) in [6.45, 7) is 5.40. The van der Waals surface area contributed by atoms with Gasteiger partial charge in [0.25, 0.3) is 0 Å². The first-order valence-electron chi connectivity index (χ1n) is 7.14. The highest BCUT2D eigenvalue weighted by molar-refractivity contribution is 9.09. The standard InChI is InChI=1S/C16H24BrNO2/c1-13-5-3-7-15(11-13)20-10-8-16(19)18-9-4-6-14(2)12-17/h3,5,7,11,14H,4,6,8-10,12H2,1-2H3,(H,18,19). The predicted octanol–water partition coefficient (Wildman–Crippen LogP) is 3.69. The van der Waals surface area contributed by atoms with E-state index in [0.717, 1.165) is 36.0 Å². The van der Waals surface area contributed by atoms with E-state index >= 15 is 0 Å². The summed E-state index contributed by atoms with van der Waals surface area (Å²) in [4.78, 5) is 11.6. The lowest BCUT2D eigenvalue weighted by Crippen LogP contribution is -2.26. The van der Waals surface area contributed by atoms with E-state index in [-0.39, 0.29) is 5.91 Å². The number of halogens is 1. The van der Waals surface area contributed by atoms with Crippen LogP contribution in [0.25, 0.3) is 0 Å². The van der Waals surface area contributed by atoms with Crippen LogP contribution >= 0.6 is 15.9 Å². The van der Waals surface area contributed by atoms with Crippen LogP contribution in [0.1, 0.15) is 31.7 Å². The Bertz CT molecular complexity index is 409. The maximum atomic E-state index is 11.6. The van der Waals surface area contributed by atoms with Gasteiger partial charge in [0.05, 0.1) is 13.0 Å². The molecular formula is C16H24BrNO2. The van der Waals surface area contributed by atoms with Gasteiger partial charge in [-0.2, -0.15) is 0 Å².